The molecule has 0 aliphatic carbocycles. The number of hydrogen-bond donors (Lipinski definition) is 3. The van der Waals surface area contributed by atoms with Crippen LogP contribution in [0.15, 0.2) is 23.1 Å². The number of nitro groups is 1. The van der Waals surface area contributed by atoms with Crippen LogP contribution < -0.4 is 5.32 Å². The van der Waals surface area contributed by atoms with Gasteiger partial charge in [-0.15, -0.1) is 0 Å². The second-order valence-corrected chi connectivity index (χ2v) is 6.67. The van der Waals surface area contributed by atoms with Crippen LogP contribution in [0.4, 0.5) is 11.4 Å². The van der Waals surface area contributed by atoms with Crippen molar-refractivity contribution in [1.82, 2.24) is 0 Å². The molecule has 0 atom stereocenters. The van der Waals surface area contributed by atoms with Crippen molar-refractivity contribution in [3.63, 3.8) is 0 Å². The van der Waals surface area contributed by atoms with Crippen LogP contribution in [0, 0.1) is 10.1 Å². The van der Waals surface area contributed by atoms with Gasteiger partial charge in [0.25, 0.3) is 0 Å². The van der Waals surface area contributed by atoms with E-state index in [-0.39, 0.29) is 5.69 Å². The number of rotatable bonds is 6. The summed E-state index contributed by atoms with van der Waals surface area (Å²) in [4.78, 5) is 9.89. The molecule has 0 fully saturated rings. The number of aliphatic hydroxyl groups excluding tert-OH is 2. The van der Waals surface area contributed by atoms with Crippen LogP contribution in [-0.4, -0.2) is 48.6 Å². The lowest BCUT2D eigenvalue weighted by atomic mass is 10.0. The molecule has 0 aromatic heterocycles. The molecular weight excluding hydrogens is 288 g/mol. The molecule has 0 saturated carbocycles. The molecule has 112 valence electrons. The molecule has 1 aromatic carbocycles. The van der Waals surface area contributed by atoms with E-state index in [0.29, 0.717) is 0 Å². The fourth-order valence-electron chi connectivity index (χ4n) is 1.56. The number of anilines is 1. The Hall–Kier alpha value is -1.71. The average Bonchev–Trinajstić information content (AvgIpc) is 2.37. The Morgan fingerprint density at radius 3 is 2.30 bits per heavy atom. The molecule has 1 aromatic rings. The normalized spacial score (nSPS) is 12.2. The van der Waals surface area contributed by atoms with Crippen molar-refractivity contribution in [2.75, 3.05) is 24.8 Å². The SMILES string of the molecule is CC(CO)(CO)Nc1cccc(S(C)(=O)=O)c1[N+](=O)[O-]. The second kappa shape index (κ2) is 5.73. The number of nitrogens with one attached hydrogen (secondary N) is 1. The van der Waals surface area contributed by atoms with Crippen molar-refractivity contribution in [1.29, 1.82) is 0 Å². The highest BCUT2D eigenvalue weighted by atomic mass is 32.2. The van der Waals surface area contributed by atoms with Gasteiger partial charge in [-0.1, -0.05) is 6.07 Å². The quantitative estimate of drug-likeness (QED) is 0.504. The highest BCUT2D eigenvalue weighted by Crippen LogP contribution is 2.33. The molecule has 20 heavy (non-hydrogen) atoms. The van der Waals surface area contributed by atoms with Crippen molar-refractivity contribution >= 4 is 21.2 Å². The fraction of sp³-hybridized carbons (Fsp3) is 0.455. The summed E-state index contributed by atoms with van der Waals surface area (Å²) in [6, 6.07) is 3.80. The number of nitro benzene ring substituents is 1. The predicted molar refractivity (Wildman–Crippen MR) is 72.4 cm³/mol. The van der Waals surface area contributed by atoms with Crippen molar-refractivity contribution in [3.8, 4) is 0 Å². The summed E-state index contributed by atoms with van der Waals surface area (Å²) >= 11 is 0. The maximum absolute atomic E-state index is 11.6. The molecule has 8 nitrogen and oxygen atoms in total. The zero-order valence-electron chi connectivity index (χ0n) is 11.0. The summed E-state index contributed by atoms with van der Waals surface area (Å²) in [5, 5.41) is 32.1. The molecular formula is C11H16N2O6S. The lowest BCUT2D eigenvalue weighted by Crippen LogP contribution is -2.42. The van der Waals surface area contributed by atoms with E-state index in [1.807, 2.05) is 0 Å². The zero-order chi connectivity index (χ0) is 15.6. The second-order valence-electron chi connectivity index (χ2n) is 4.68. The Morgan fingerprint density at radius 1 is 1.35 bits per heavy atom. The monoisotopic (exact) mass is 304 g/mol. The summed E-state index contributed by atoms with van der Waals surface area (Å²) in [6.45, 7) is 0.483. The molecule has 0 saturated heterocycles. The lowest BCUT2D eigenvalue weighted by Gasteiger charge is -2.27. The highest BCUT2D eigenvalue weighted by molar-refractivity contribution is 7.90. The Morgan fingerprint density at radius 2 is 1.90 bits per heavy atom. The number of para-hydroxylation sites is 1. The van der Waals surface area contributed by atoms with Gasteiger partial charge in [0.15, 0.2) is 9.84 Å². The summed E-state index contributed by atoms with van der Waals surface area (Å²) in [5.74, 6) is 0. The maximum atomic E-state index is 11.6. The molecule has 3 N–H and O–H groups in total. The maximum Gasteiger partial charge on any atom is 0.310 e. The number of hydrogen-bond acceptors (Lipinski definition) is 7. The topological polar surface area (TPSA) is 130 Å². The van der Waals surface area contributed by atoms with Gasteiger partial charge in [-0.2, -0.15) is 0 Å². The third-order valence-corrected chi connectivity index (χ3v) is 3.84. The van der Waals surface area contributed by atoms with Gasteiger partial charge in [0, 0.05) is 6.26 Å². The van der Waals surface area contributed by atoms with Crippen molar-refractivity contribution in [2.24, 2.45) is 0 Å². The van der Waals surface area contributed by atoms with Gasteiger partial charge in [-0.3, -0.25) is 10.1 Å². The molecule has 1 rings (SSSR count). The summed E-state index contributed by atoms with van der Waals surface area (Å²) in [6.07, 6.45) is 0.871. The van der Waals surface area contributed by atoms with E-state index < -0.39 is 44.1 Å². The molecule has 9 heteroatoms. The van der Waals surface area contributed by atoms with Gasteiger partial charge in [-0.05, 0) is 19.1 Å². The first kappa shape index (κ1) is 16.3. The van der Waals surface area contributed by atoms with Crippen molar-refractivity contribution < 1.29 is 23.6 Å². The smallest absolute Gasteiger partial charge is 0.310 e. The van der Waals surface area contributed by atoms with Gasteiger partial charge < -0.3 is 15.5 Å². The van der Waals surface area contributed by atoms with Crippen molar-refractivity contribution in [3.05, 3.63) is 28.3 Å². The van der Waals surface area contributed by atoms with E-state index in [0.717, 1.165) is 12.3 Å². The first-order valence-electron chi connectivity index (χ1n) is 5.62. The molecule has 0 spiro atoms. The summed E-state index contributed by atoms with van der Waals surface area (Å²) < 4.78 is 23.2. The van der Waals surface area contributed by atoms with Gasteiger partial charge in [0.1, 0.15) is 10.6 Å². The predicted octanol–water partition coefficient (Wildman–Crippen LogP) is 0.154. The van der Waals surface area contributed by atoms with Gasteiger partial charge in [0.2, 0.25) is 0 Å². The number of aliphatic hydroxyl groups is 2. The van der Waals surface area contributed by atoms with Crippen LogP contribution in [-0.2, 0) is 9.84 Å². The molecule has 0 amide bonds. The fourth-order valence-corrected chi connectivity index (χ4v) is 2.43. The van der Waals surface area contributed by atoms with E-state index in [1.165, 1.54) is 19.1 Å². The van der Waals surface area contributed by atoms with Gasteiger partial charge in [-0.25, -0.2) is 8.42 Å². The number of benzene rings is 1. The van der Waals surface area contributed by atoms with Crippen LogP contribution in [0.2, 0.25) is 0 Å². The Kier molecular flexibility index (Phi) is 4.69. The minimum absolute atomic E-state index is 0.0801. The van der Waals surface area contributed by atoms with E-state index in [9.17, 15) is 28.7 Å². The highest BCUT2D eigenvalue weighted by Gasteiger charge is 2.30. The summed E-state index contributed by atoms with van der Waals surface area (Å²) in [7, 11) is -3.78. The minimum Gasteiger partial charge on any atom is -0.394 e. The lowest BCUT2D eigenvalue weighted by molar-refractivity contribution is -0.386. The van der Waals surface area contributed by atoms with E-state index in [4.69, 9.17) is 0 Å². The molecule has 0 aliphatic heterocycles. The Bertz CT molecular complexity index is 609. The molecule has 0 heterocycles. The average molecular weight is 304 g/mol. The number of nitrogens with zero attached hydrogens (tertiary/aromatic N) is 1. The van der Waals surface area contributed by atoms with Crippen LogP contribution in [0.1, 0.15) is 6.92 Å². The Balaban J connectivity index is 3.46. The van der Waals surface area contributed by atoms with E-state index >= 15 is 0 Å². The third kappa shape index (κ3) is 3.44. The van der Waals surface area contributed by atoms with E-state index in [1.54, 1.807) is 0 Å². The van der Waals surface area contributed by atoms with Crippen LogP contribution in [0.3, 0.4) is 0 Å². The Labute approximate surface area is 116 Å². The van der Waals surface area contributed by atoms with Gasteiger partial charge >= 0.3 is 5.69 Å². The summed E-state index contributed by atoms with van der Waals surface area (Å²) in [5.41, 5.74) is -1.90. The van der Waals surface area contributed by atoms with Gasteiger partial charge in [0.05, 0.1) is 23.7 Å². The van der Waals surface area contributed by atoms with E-state index in [2.05, 4.69) is 5.32 Å². The third-order valence-electron chi connectivity index (χ3n) is 2.72. The van der Waals surface area contributed by atoms with Crippen molar-refractivity contribution in [2.45, 2.75) is 17.4 Å². The standard InChI is InChI=1S/C11H16N2O6S/c1-11(6-14,7-15)12-8-4-3-5-9(20(2,18)19)10(8)13(16)17/h3-5,12,14-15H,6-7H2,1-2H3. The largest absolute Gasteiger partial charge is 0.394 e. The molecule has 0 radical (unpaired) electrons. The van der Waals surface area contributed by atoms with Crippen LogP contribution in [0.5, 0.6) is 0 Å². The van der Waals surface area contributed by atoms with Crippen LogP contribution in [0.25, 0.3) is 0 Å². The molecule has 0 aliphatic rings. The first-order chi connectivity index (χ1) is 9.14. The zero-order valence-corrected chi connectivity index (χ0v) is 11.8. The molecule has 0 bridgehead atoms. The number of sulfone groups is 1. The van der Waals surface area contributed by atoms with Crippen LogP contribution >= 0.6 is 0 Å². The molecule has 0 unspecified atom stereocenters. The first-order valence-corrected chi connectivity index (χ1v) is 7.51. The minimum atomic E-state index is -3.78.